The van der Waals surface area contributed by atoms with Crippen LogP contribution in [0.5, 0.6) is 0 Å². The highest BCUT2D eigenvalue weighted by atomic mass is 32.2. The second-order valence-electron chi connectivity index (χ2n) is 7.13. The molecule has 0 atom stereocenters. The Kier molecular flexibility index (Phi) is 7.83. The fourth-order valence-electron chi connectivity index (χ4n) is 3.90. The summed E-state index contributed by atoms with van der Waals surface area (Å²) in [6.07, 6.45) is 9.34. The van der Waals surface area contributed by atoms with Gasteiger partial charge in [-0.1, -0.05) is 13.8 Å². The SMILES string of the molecule is CCCOC1CCC(S(=O)(=O)C2CCC(OCCC)CC2)CC1. The molecule has 0 N–H and O–H groups in total. The lowest BCUT2D eigenvalue weighted by atomic mass is 9.96. The van der Waals surface area contributed by atoms with E-state index in [9.17, 15) is 8.42 Å². The van der Waals surface area contributed by atoms with Crippen molar-refractivity contribution in [1.82, 2.24) is 0 Å². The van der Waals surface area contributed by atoms with E-state index in [0.717, 1.165) is 77.4 Å². The second kappa shape index (κ2) is 9.38. The molecule has 0 aliphatic heterocycles. The van der Waals surface area contributed by atoms with Gasteiger partial charge < -0.3 is 9.47 Å². The summed E-state index contributed by atoms with van der Waals surface area (Å²) in [4.78, 5) is 0. The molecule has 0 spiro atoms. The fraction of sp³-hybridized carbons (Fsp3) is 1.00. The molecule has 0 aromatic rings. The van der Waals surface area contributed by atoms with Gasteiger partial charge in [-0.05, 0) is 64.2 Å². The Morgan fingerprint density at radius 2 is 1.04 bits per heavy atom. The van der Waals surface area contributed by atoms with Crippen molar-refractivity contribution in [3.63, 3.8) is 0 Å². The molecular weight excluding hydrogens is 312 g/mol. The largest absolute Gasteiger partial charge is 0.378 e. The van der Waals surface area contributed by atoms with Gasteiger partial charge in [-0.2, -0.15) is 0 Å². The first-order valence-electron chi connectivity index (χ1n) is 9.53. The van der Waals surface area contributed by atoms with Crippen LogP contribution in [0.1, 0.15) is 78.1 Å². The molecule has 0 heterocycles. The van der Waals surface area contributed by atoms with E-state index in [1.165, 1.54) is 0 Å². The molecule has 4 nitrogen and oxygen atoms in total. The van der Waals surface area contributed by atoms with Crippen molar-refractivity contribution in [2.75, 3.05) is 13.2 Å². The molecule has 0 bridgehead atoms. The van der Waals surface area contributed by atoms with E-state index in [0.29, 0.717) is 0 Å². The predicted molar refractivity (Wildman–Crippen MR) is 93.5 cm³/mol. The van der Waals surface area contributed by atoms with Gasteiger partial charge in [-0.25, -0.2) is 8.42 Å². The fourth-order valence-corrected chi connectivity index (χ4v) is 6.30. The Balaban J connectivity index is 1.79. The minimum atomic E-state index is -2.98. The molecule has 5 heteroatoms. The van der Waals surface area contributed by atoms with Gasteiger partial charge in [0.05, 0.1) is 22.7 Å². The Morgan fingerprint density at radius 3 is 1.35 bits per heavy atom. The highest BCUT2D eigenvalue weighted by molar-refractivity contribution is 7.92. The first kappa shape index (κ1) is 19.2. The Hall–Kier alpha value is -0.130. The van der Waals surface area contributed by atoms with E-state index in [4.69, 9.17) is 9.47 Å². The van der Waals surface area contributed by atoms with E-state index in [1.54, 1.807) is 0 Å². The van der Waals surface area contributed by atoms with Crippen molar-refractivity contribution in [1.29, 1.82) is 0 Å². The average molecular weight is 347 g/mol. The average Bonchev–Trinajstić information content (AvgIpc) is 2.59. The molecule has 2 aliphatic rings. The molecule has 2 rings (SSSR count). The van der Waals surface area contributed by atoms with Crippen LogP contribution in [0.15, 0.2) is 0 Å². The van der Waals surface area contributed by atoms with E-state index in [-0.39, 0.29) is 22.7 Å². The summed E-state index contributed by atoms with van der Waals surface area (Å²) >= 11 is 0. The standard InChI is InChI=1S/C18H34O4S/c1-3-13-21-15-5-9-17(10-6-15)23(19,20)18-11-7-16(8-12-18)22-14-4-2/h15-18H,3-14H2,1-2H3. The van der Waals surface area contributed by atoms with E-state index in [2.05, 4.69) is 13.8 Å². The van der Waals surface area contributed by atoms with E-state index >= 15 is 0 Å². The van der Waals surface area contributed by atoms with Gasteiger partial charge in [0.1, 0.15) is 0 Å². The minimum absolute atomic E-state index is 0.137. The molecule has 2 saturated carbocycles. The summed E-state index contributed by atoms with van der Waals surface area (Å²) in [5.41, 5.74) is 0. The molecule has 2 fully saturated rings. The number of sulfone groups is 1. The smallest absolute Gasteiger partial charge is 0.156 e. The van der Waals surface area contributed by atoms with Crippen LogP contribution in [0.4, 0.5) is 0 Å². The quantitative estimate of drug-likeness (QED) is 0.669. The third-order valence-corrected chi connectivity index (χ3v) is 8.09. The van der Waals surface area contributed by atoms with Crippen molar-refractivity contribution >= 4 is 9.84 Å². The van der Waals surface area contributed by atoms with Gasteiger partial charge >= 0.3 is 0 Å². The Bertz CT molecular complexity index is 384. The number of ether oxygens (including phenoxy) is 2. The minimum Gasteiger partial charge on any atom is -0.378 e. The zero-order valence-corrected chi connectivity index (χ0v) is 15.7. The van der Waals surface area contributed by atoms with Crippen LogP contribution in [0.3, 0.4) is 0 Å². The Morgan fingerprint density at radius 1 is 0.696 bits per heavy atom. The normalized spacial score (nSPS) is 32.8. The van der Waals surface area contributed by atoms with Crippen LogP contribution in [-0.4, -0.2) is 44.3 Å². The first-order valence-corrected chi connectivity index (χ1v) is 11.1. The van der Waals surface area contributed by atoms with Crippen LogP contribution in [0.25, 0.3) is 0 Å². The molecule has 23 heavy (non-hydrogen) atoms. The van der Waals surface area contributed by atoms with Gasteiger partial charge in [0, 0.05) is 13.2 Å². The molecule has 0 aromatic heterocycles. The number of rotatable bonds is 8. The van der Waals surface area contributed by atoms with Gasteiger partial charge in [0.15, 0.2) is 9.84 Å². The molecule has 0 radical (unpaired) electrons. The van der Waals surface area contributed by atoms with Crippen LogP contribution in [0.2, 0.25) is 0 Å². The molecule has 0 unspecified atom stereocenters. The van der Waals surface area contributed by atoms with E-state index in [1.807, 2.05) is 0 Å². The maximum atomic E-state index is 12.9. The lowest BCUT2D eigenvalue weighted by Gasteiger charge is -2.34. The summed E-state index contributed by atoms with van der Waals surface area (Å²) in [5.74, 6) is 0. The summed E-state index contributed by atoms with van der Waals surface area (Å²) in [6.45, 7) is 5.81. The first-order chi connectivity index (χ1) is 11.1. The maximum Gasteiger partial charge on any atom is 0.156 e. The molecule has 2 aliphatic carbocycles. The van der Waals surface area contributed by atoms with Gasteiger partial charge in [0.2, 0.25) is 0 Å². The lowest BCUT2D eigenvalue weighted by molar-refractivity contribution is 0.0276. The van der Waals surface area contributed by atoms with Gasteiger partial charge in [0.25, 0.3) is 0 Å². The lowest BCUT2D eigenvalue weighted by Crippen LogP contribution is -2.39. The van der Waals surface area contributed by atoms with Gasteiger partial charge in [-0.15, -0.1) is 0 Å². The van der Waals surface area contributed by atoms with Crippen LogP contribution >= 0.6 is 0 Å². The third-order valence-electron chi connectivity index (χ3n) is 5.29. The highest BCUT2D eigenvalue weighted by Gasteiger charge is 2.38. The van der Waals surface area contributed by atoms with Crippen LogP contribution < -0.4 is 0 Å². The van der Waals surface area contributed by atoms with Gasteiger partial charge in [-0.3, -0.25) is 0 Å². The zero-order valence-electron chi connectivity index (χ0n) is 14.8. The van der Waals surface area contributed by atoms with Crippen molar-refractivity contribution in [3.8, 4) is 0 Å². The monoisotopic (exact) mass is 346 g/mol. The molecule has 0 saturated heterocycles. The highest BCUT2D eigenvalue weighted by Crippen LogP contribution is 2.34. The Labute approximate surface area is 142 Å². The third kappa shape index (κ3) is 5.43. The second-order valence-corrected chi connectivity index (χ2v) is 9.64. The van der Waals surface area contributed by atoms with Crippen molar-refractivity contribution in [2.24, 2.45) is 0 Å². The van der Waals surface area contributed by atoms with Crippen LogP contribution in [-0.2, 0) is 19.3 Å². The van der Waals surface area contributed by atoms with Crippen molar-refractivity contribution in [3.05, 3.63) is 0 Å². The summed E-state index contributed by atoms with van der Waals surface area (Å²) in [7, 11) is -2.98. The van der Waals surface area contributed by atoms with E-state index < -0.39 is 9.84 Å². The molecular formula is C18H34O4S. The van der Waals surface area contributed by atoms with Crippen LogP contribution in [0, 0.1) is 0 Å². The molecule has 0 aromatic carbocycles. The summed E-state index contributed by atoms with van der Waals surface area (Å²) < 4.78 is 37.4. The van der Waals surface area contributed by atoms with Crippen molar-refractivity contribution < 1.29 is 17.9 Å². The number of hydrogen-bond acceptors (Lipinski definition) is 4. The zero-order chi connectivity index (χ0) is 16.7. The predicted octanol–water partition coefficient (Wildman–Crippen LogP) is 3.88. The molecule has 136 valence electrons. The van der Waals surface area contributed by atoms with Crippen molar-refractivity contribution in [2.45, 2.75) is 101 Å². The topological polar surface area (TPSA) is 52.6 Å². The number of hydrogen-bond donors (Lipinski definition) is 0. The molecule has 0 amide bonds. The summed E-state index contributed by atoms with van der Waals surface area (Å²) in [5, 5.41) is -0.274. The maximum absolute atomic E-state index is 12.9. The summed E-state index contributed by atoms with van der Waals surface area (Å²) in [6, 6.07) is 0.